The van der Waals surface area contributed by atoms with E-state index in [4.69, 9.17) is 20.0 Å². The Labute approximate surface area is 170 Å². The molecule has 4 N–H and O–H groups in total. The Morgan fingerprint density at radius 3 is 2.40 bits per heavy atom. The Hall–Kier alpha value is -4.21. The van der Waals surface area contributed by atoms with Gasteiger partial charge in [0.1, 0.15) is 11.8 Å². The van der Waals surface area contributed by atoms with E-state index in [0.717, 1.165) is 0 Å². The summed E-state index contributed by atoms with van der Waals surface area (Å²) in [6, 6.07) is 11.3. The summed E-state index contributed by atoms with van der Waals surface area (Å²) in [6.45, 7) is 0. The molecule has 0 bridgehead atoms. The van der Waals surface area contributed by atoms with Gasteiger partial charge in [-0.2, -0.15) is 0 Å². The van der Waals surface area contributed by atoms with Gasteiger partial charge in [0.2, 0.25) is 11.8 Å². The van der Waals surface area contributed by atoms with Crippen molar-refractivity contribution in [1.82, 2.24) is 15.5 Å². The minimum absolute atomic E-state index is 0.00906. The number of para-hydroxylation sites is 1. The number of amides is 2. The van der Waals surface area contributed by atoms with Gasteiger partial charge in [0.05, 0.1) is 24.7 Å². The number of hydrogen-bond donors (Lipinski definition) is 3. The molecule has 1 heterocycles. The lowest BCUT2D eigenvalue weighted by molar-refractivity contribution is -0.118. The number of carbonyl (C=O) groups excluding carboxylic acids is 2. The van der Waals surface area contributed by atoms with Gasteiger partial charge in [-0.15, -0.1) is 10.2 Å². The first-order valence-corrected chi connectivity index (χ1v) is 8.78. The highest BCUT2D eigenvalue weighted by atomic mass is 16.5. The van der Waals surface area contributed by atoms with Gasteiger partial charge in [0.25, 0.3) is 11.8 Å². The average molecular weight is 410 g/mol. The number of nitrogens with two attached hydrogens (primary N) is 1. The van der Waals surface area contributed by atoms with Crippen molar-refractivity contribution in [3.8, 4) is 17.2 Å². The first-order chi connectivity index (χ1) is 14.4. The van der Waals surface area contributed by atoms with Gasteiger partial charge in [-0.1, -0.05) is 12.1 Å². The number of hydrogen-bond acceptors (Lipinski definition) is 7. The lowest BCUT2D eigenvalue weighted by atomic mass is 10.1. The van der Waals surface area contributed by atoms with Crippen LogP contribution in [0.2, 0.25) is 0 Å². The summed E-state index contributed by atoms with van der Waals surface area (Å²) in [5, 5.41) is 19.5. The molecular formula is C20H18N4O6. The number of methoxy groups -OCH3 is 1. The summed E-state index contributed by atoms with van der Waals surface area (Å²) in [6.07, 6.45) is -0.271. The molecule has 0 aliphatic rings. The van der Waals surface area contributed by atoms with Crippen LogP contribution in [0.1, 0.15) is 39.1 Å². The Kier molecular flexibility index (Phi) is 6.06. The molecular weight excluding hydrogens is 392 g/mol. The minimum Gasteiger partial charge on any atom is -0.496 e. The fourth-order valence-electron chi connectivity index (χ4n) is 2.71. The second-order valence-electron chi connectivity index (χ2n) is 6.22. The Bertz CT molecular complexity index is 1080. The van der Waals surface area contributed by atoms with Crippen molar-refractivity contribution in [3.63, 3.8) is 0 Å². The summed E-state index contributed by atoms with van der Waals surface area (Å²) in [4.78, 5) is 35.0. The monoisotopic (exact) mass is 410 g/mol. The van der Waals surface area contributed by atoms with Crippen LogP contribution in [0.5, 0.6) is 5.75 Å². The van der Waals surface area contributed by atoms with E-state index in [1.165, 1.54) is 31.4 Å². The maximum atomic E-state index is 12.5. The van der Waals surface area contributed by atoms with Crippen LogP contribution in [0.25, 0.3) is 11.5 Å². The zero-order valence-electron chi connectivity index (χ0n) is 15.9. The Morgan fingerprint density at radius 1 is 1.10 bits per heavy atom. The van der Waals surface area contributed by atoms with Crippen LogP contribution in [-0.2, 0) is 4.79 Å². The lowest BCUT2D eigenvalue weighted by Crippen LogP contribution is -2.32. The number of primary amides is 1. The highest BCUT2D eigenvalue weighted by molar-refractivity contribution is 5.96. The number of carboxylic acid groups (broad SMARTS) is 1. The molecule has 154 valence electrons. The average Bonchev–Trinajstić information content (AvgIpc) is 3.23. The molecule has 3 rings (SSSR count). The van der Waals surface area contributed by atoms with Crippen molar-refractivity contribution < 1.29 is 28.6 Å². The van der Waals surface area contributed by atoms with E-state index < -0.39 is 23.8 Å². The van der Waals surface area contributed by atoms with Crippen molar-refractivity contribution in [2.75, 3.05) is 7.11 Å². The molecule has 1 atom stereocenters. The summed E-state index contributed by atoms with van der Waals surface area (Å²) >= 11 is 0. The molecule has 0 unspecified atom stereocenters. The summed E-state index contributed by atoms with van der Waals surface area (Å²) in [5.74, 6) is -1.69. The number of nitrogens with zero attached hydrogens (tertiary/aromatic N) is 2. The SMILES string of the molecule is COc1ccccc1-c1nnc([C@H](CC(N)=O)NC(=O)c2ccc(C(=O)O)cc2)o1. The van der Waals surface area contributed by atoms with Crippen LogP contribution in [0, 0.1) is 0 Å². The molecule has 3 aromatic rings. The normalized spacial score (nSPS) is 11.5. The number of ether oxygens (including phenoxy) is 1. The lowest BCUT2D eigenvalue weighted by Gasteiger charge is -2.13. The third-order valence-electron chi connectivity index (χ3n) is 4.18. The van der Waals surface area contributed by atoms with Crippen molar-refractivity contribution in [1.29, 1.82) is 0 Å². The summed E-state index contributed by atoms with van der Waals surface area (Å²) in [5.41, 5.74) is 6.08. The molecule has 0 radical (unpaired) electrons. The first-order valence-electron chi connectivity index (χ1n) is 8.78. The van der Waals surface area contributed by atoms with Crippen molar-refractivity contribution in [3.05, 3.63) is 65.5 Å². The Morgan fingerprint density at radius 2 is 1.77 bits per heavy atom. The van der Waals surface area contributed by atoms with Crippen LogP contribution < -0.4 is 15.8 Å². The molecule has 2 aromatic carbocycles. The number of nitrogens with one attached hydrogen (secondary N) is 1. The van der Waals surface area contributed by atoms with Gasteiger partial charge in [0, 0.05) is 5.56 Å². The van der Waals surface area contributed by atoms with E-state index in [9.17, 15) is 14.4 Å². The van der Waals surface area contributed by atoms with Crippen LogP contribution >= 0.6 is 0 Å². The second-order valence-corrected chi connectivity index (χ2v) is 6.22. The van der Waals surface area contributed by atoms with Crippen molar-refractivity contribution >= 4 is 17.8 Å². The van der Waals surface area contributed by atoms with Gasteiger partial charge in [-0.25, -0.2) is 4.79 Å². The number of aromatic nitrogens is 2. The quantitative estimate of drug-likeness (QED) is 0.507. The predicted octanol–water partition coefficient (Wildman–Crippen LogP) is 1.79. The third kappa shape index (κ3) is 4.61. The highest BCUT2D eigenvalue weighted by Crippen LogP contribution is 2.30. The van der Waals surface area contributed by atoms with Crippen LogP contribution in [0.4, 0.5) is 0 Å². The molecule has 0 spiro atoms. The zero-order valence-corrected chi connectivity index (χ0v) is 15.9. The Balaban J connectivity index is 1.84. The molecule has 0 fully saturated rings. The van der Waals surface area contributed by atoms with Gasteiger partial charge < -0.3 is 25.3 Å². The largest absolute Gasteiger partial charge is 0.496 e. The molecule has 10 heteroatoms. The molecule has 2 amide bonds. The first kappa shape index (κ1) is 20.5. The van der Waals surface area contributed by atoms with Gasteiger partial charge in [-0.3, -0.25) is 9.59 Å². The van der Waals surface area contributed by atoms with E-state index in [0.29, 0.717) is 11.3 Å². The number of rotatable bonds is 8. The van der Waals surface area contributed by atoms with Crippen LogP contribution in [0.15, 0.2) is 52.9 Å². The van der Waals surface area contributed by atoms with E-state index >= 15 is 0 Å². The topological polar surface area (TPSA) is 158 Å². The second kappa shape index (κ2) is 8.86. The molecule has 10 nitrogen and oxygen atoms in total. The van der Waals surface area contributed by atoms with Crippen LogP contribution in [-0.4, -0.2) is 40.2 Å². The van der Waals surface area contributed by atoms with Gasteiger partial charge in [0.15, 0.2) is 0 Å². The van der Waals surface area contributed by atoms with Gasteiger partial charge in [-0.05, 0) is 36.4 Å². The van der Waals surface area contributed by atoms with Crippen LogP contribution in [0.3, 0.4) is 0 Å². The van der Waals surface area contributed by atoms with E-state index in [2.05, 4.69) is 15.5 Å². The predicted molar refractivity (Wildman–Crippen MR) is 104 cm³/mol. The molecule has 0 saturated carbocycles. The molecule has 0 aliphatic carbocycles. The van der Waals surface area contributed by atoms with E-state index in [-0.39, 0.29) is 29.3 Å². The number of aromatic carboxylic acids is 1. The maximum absolute atomic E-state index is 12.5. The maximum Gasteiger partial charge on any atom is 0.335 e. The van der Waals surface area contributed by atoms with Crippen molar-refractivity contribution in [2.45, 2.75) is 12.5 Å². The van der Waals surface area contributed by atoms with E-state index in [1.54, 1.807) is 24.3 Å². The fraction of sp³-hybridized carbons (Fsp3) is 0.150. The standard InChI is InChI=1S/C20H18N4O6/c1-29-15-5-3-2-4-13(15)18-23-24-19(30-18)14(10-16(21)25)22-17(26)11-6-8-12(9-7-11)20(27)28/h2-9,14H,10H2,1H3,(H2,21,25)(H,22,26)(H,27,28)/t14-/m0/s1. The molecule has 0 aliphatic heterocycles. The summed E-state index contributed by atoms with van der Waals surface area (Å²) < 4.78 is 10.9. The fourth-order valence-corrected chi connectivity index (χ4v) is 2.71. The van der Waals surface area contributed by atoms with E-state index in [1.807, 2.05) is 0 Å². The summed E-state index contributed by atoms with van der Waals surface area (Å²) in [7, 11) is 1.50. The van der Waals surface area contributed by atoms with Crippen molar-refractivity contribution in [2.24, 2.45) is 5.73 Å². The third-order valence-corrected chi connectivity index (χ3v) is 4.18. The smallest absolute Gasteiger partial charge is 0.335 e. The number of carboxylic acids is 1. The minimum atomic E-state index is -1.11. The molecule has 30 heavy (non-hydrogen) atoms. The molecule has 1 aromatic heterocycles. The number of benzene rings is 2. The highest BCUT2D eigenvalue weighted by Gasteiger charge is 2.25. The van der Waals surface area contributed by atoms with Gasteiger partial charge >= 0.3 is 5.97 Å². The molecule has 0 saturated heterocycles. The zero-order chi connectivity index (χ0) is 21.7. The number of carbonyl (C=O) groups is 3.